The molecule has 0 spiro atoms. The van der Waals surface area contributed by atoms with Crippen LogP contribution in [0.15, 0.2) is 18.5 Å². The first-order valence-corrected chi connectivity index (χ1v) is 8.36. The zero-order valence-corrected chi connectivity index (χ0v) is 13.6. The van der Waals surface area contributed by atoms with Crippen molar-refractivity contribution in [3.63, 3.8) is 0 Å². The van der Waals surface area contributed by atoms with Crippen LogP contribution < -0.4 is 0 Å². The van der Waals surface area contributed by atoms with Crippen LogP contribution in [0, 0.1) is 5.92 Å². The van der Waals surface area contributed by atoms with Crippen LogP contribution in [0.2, 0.25) is 0 Å². The smallest absolute Gasteiger partial charge is 0.276 e. The van der Waals surface area contributed by atoms with Gasteiger partial charge in [0.25, 0.3) is 5.91 Å². The molecular formula is C16H24N6O. The van der Waals surface area contributed by atoms with E-state index in [1.54, 1.807) is 29.0 Å². The molecule has 124 valence electrons. The maximum atomic E-state index is 12.4. The fourth-order valence-corrected chi connectivity index (χ4v) is 3.19. The Bertz CT molecular complexity index is 614. The fraction of sp³-hybridized carbons (Fsp3) is 0.625. The van der Waals surface area contributed by atoms with Gasteiger partial charge in [0.1, 0.15) is 0 Å². The van der Waals surface area contributed by atoms with Gasteiger partial charge in [-0.25, -0.2) is 0 Å². The molecule has 0 bridgehead atoms. The average Bonchev–Trinajstić information content (AvgIpc) is 3.25. The summed E-state index contributed by atoms with van der Waals surface area (Å²) in [6.07, 6.45) is 11.3. The molecule has 1 aliphatic carbocycles. The van der Waals surface area contributed by atoms with E-state index < -0.39 is 0 Å². The Balaban J connectivity index is 1.52. The highest BCUT2D eigenvalue weighted by molar-refractivity contribution is 5.91. The Hall–Kier alpha value is -2.18. The maximum Gasteiger partial charge on any atom is 0.276 e. The highest BCUT2D eigenvalue weighted by Gasteiger charge is 2.17. The number of hydrogen-bond acceptors (Lipinski definition) is 4. The Labute approximate surface area is 136 Å². The maximum absolute atomic E-state index is 12.4. The van der Waals surface area contributed by atoms with Crippen LogP contribution in [0.25, 0.3) is 0 Å². The van der Waals surface area contributed by atoms with E-state index in [0.717, 1.165) is 24.6 Å². The largest absolute Gasteiger partial charge is 0.334 e. The van der Waals surface area contributed by atoms with Crippen molar-refractivity contribution in [2.45, 2.75) is 51.6 Å². The van der Waals surface area contributed by atoms with Gasteiger partial charge in [-0.05, 0) is 18.4 Å². The van der Waals surface area contributed by atoms with E-state index >= 15 is 0 Å². The van der Waals surface area contributed by atoms with Gasteiger partial charge in [-0.2, -0.15) is 5.10 Å². The monoisotopic (exact) mass is 316 g/mol. The van der Waals surface area contributed by atoms with E-state index in [2.05, 4.69) is 20.5 Å². The first-order valence-electron chi connectivity index (χ1n) is 8.36. The predicted molar refractivity (Wildman–Crippen MR) is 85.6 cm³/mol. The van der Waals surface area contributed by atoms with Gasteiger partial charge >= 0.3 is 0 Å². The van der Waals surface area contributed by atoms with E-state index in [-0.39, 0.29) is 5.91 Å². The Morgan fingerprint density at radius 3 is 2.96 bits per heavy atom. The number of nitrogens with zero attached hydrogens (tertiary/aromatic N) is 5. The minimum atomic E-state index is -0.122. The number of amides is 1. The number of carbonyl (C=O) groups is 1. The number of H-pyrrole nitrogens is 1. The van der Waals surface area contributed by atoms with Crippen molar-refractivity contribution in [1.82, 2.24) is 30.1 Å². The molecule has 1 N–H and O–H groups in total. The van der Waals surface area contributed by atoms with Crippen LogP contribution in [0.5, 0.6) is 0 Å². The molecule has 2 aromatic rings. The second-order valence-corrected chi connectivity index (χ2v) is 6.40. The molecule has 0 atom stereocenters. The highest BCUT2D eigenvalue weighted by Crippen LogP contribution is 2.26. The van der Waals surface area contributed by atoms with Gasteiger partial charge in [0.2, 0.25) is 0 Å². The molecule has 1 amide bonds. The Kier molecular flexibility index (Phi) is 5.05. The minimum Gasteiger partial charge on any atom is -0.334 e. The molecule has 0 aliphatic heterocycles. The first kappa shape index (κ1) is 15.7. The molecule has 1 saturated carbocycles. The molecule has 2 heterocycles. The number of aromatic amines is 1. The lowest BCUT2D eigenvalue weighted by molar-refractivity contribution is 0.0777. The van der Waals surface area contributed by atoms with Gasteiger partial charge in [0, 0.05) is 19.8 Å². The fourth-order valence-electron chi connectivity index (χ4n) is 3.19. The van der Waals surface area contributed by atoms with E-state index in [4.69, 9.17) is 0 Å². The summed E-state index contributed by atoms with van der Waals surface area (Å²) in [6.45, 7) is 1.32. The third kappa shape index (κ3) is 4.18. The van der Waals surface area contributed by atoms with Gasteiger partial charge in [-0.15, -0.1) is 5.10 Å². The Morgan fingerprint density at radius 1 is 1.39 bits per heavy atom. The number of hydrogen-bond donors (Lipinski definition) is 1. The molecule has 0 unspecified atom stereocenters. The summed E-state index contributed by atoms with van der Waals surface area (Å²) in [5.74, 6) is 0.679. The van der Waals surface area contributed by atoms with Gasteiger partial charge in [0.15, 0.2) is 5.69 Å². The predicted octanol–water partition coefficient (Wildman–Crippen LogP) is 2.24. The van der Waals surface area contributed by atoms with Crippen molar-refractivity contribution < 1.29 is 4.79 Å². The lowest BCUT2D eigenvalue weighted by atomic mass is 9.87. The molecule has 2 aromatic heterocycles. The minimum absolute atomic E-state index is 0.122. The normalized spacial score (nSPS) is 15.7. The second-order valence-electron chi connectivity index (χ2n) is 6.40. The van der Waals surface area contributed by atoms with E-state index in [1.165, 1.54) is 32.1 Å². The van der Waals surface area contributed by atoms with Gasteiger partial charge < -0.3 is 4.90 Å². The van der Waals surface area contributed by atoms with Gasteiger partial charge in [-0.1, -0.05) is 37.3 Å². The van der Waals surface area contributed by atoms with Crippen LogP contribution in [0.1, 0.15) is 54.7 Å². The van der Waals surface area contributed by atoms with E-state index in [1.807, 2.05) is 6.07 Å². The molecule has 23 heavy (non-hydrogen) atoms. The summed E-state index contributed by atoms with van der Waals surface area (Å²) in [7, 11) is 1.75. The topological polar surface area (TPSA) is 79.7 Å². The number of carbonyl (C=O) groups excluding carboxylic acids is 1. The summed E-state index contributed by atoms with van der Waals surface area (Å²) in [4.78, 5) is 14.0. The third-order valence-electron chi connectivity index (χ3n) is 4.56. The molecular weight excluding hydrogens is 292 g/mol. The van der Waals surface area contributed by atoms with E-state index in [0.29, 0.717) is 12.2 Å². The zero-order chi connectivity index (χ0) is 16.1. The first-order chi connectivity index (χ1) is 11.2. The molecule has 7 nitrogen and oxygen atoms in total. The van der Waals surface area contributed by atoms with E-state index in [9.17, 15) is 4.79 Å². The molecule has 0 aromatic carbocycles. The summed E-state index contributed by atoms with van der Waals surface area (Å²) >= 11 is 0. The number of aryl methyl sites for hydroxylation is 1. The molecule has 0 saturated heterocycles. The number of rotatable bonds is 6. The summed E-state index contributed by atoms with van der Waals surface area (Å²) < 4.78 is 1.80. The van der Waals surface area contributed by atoms with Crippen molar-refractivity contribution in [1.29, 1.82) is 0 Å². The highest BCUT2D eigenvalue weighted by atomic mass is 16.2. The standard InChI is InChI=1S/C16H24N6O/c1-21(11-14-7-9-17-18-14)16(23)15-12-22(20-19-15)10-8-13-5-3-2-4-6-13/h7,9,12-13H,2-6,8,10-11H2,1H3,(H,17,18). The average molecular weight is 316 g/mol. The van der Waals surface area contributed by atoms with Crippen LogP contribution in [0.4, 0.5) is 0 Å². The van der Waals surface area contributed by atoms with Crippen LogP contribution >= 0.6 is 0 Å². The summed E-state index contributed by atoms with van der Waals surface area (Å²) in [5.41, 5.74) is 1.29. The summed E-state index contributed by atoms with van der Waals surface area (Å²) in [5, 5.41) is 14.9. The van der Waals surface area contributed by atoms with Crippen molar-refractivity contribution in [2.24, 2.45) is 5.92 Å². The van der Waals surface area contributed by atoms with Crippen molar-refractivity contribution in [3.05, 3.63) is 29.8 Å². The van der Waals surface area contributed by atoms with Crippen molar-refractivity contribution in [3.8, 4) is 0 Å². The number of aromatic nitrogens is 5. The zero-order valence-electron chi connectivity index (χ0n) is 13.6. The lowest BCUT2D eigenvalue weighted by Crippen LogP contribution is -2.26. The van der Waals surface area contributed by atoms with Crippen LogP contribution in [0.3, 0.4) is 0 Å². The Morgan fingerprint density at radius 2 is 2.22 bits per heavy atom. The molecule has 1 aliphatic rings. The van der Waals surface area contributed by atoms with Crippen LogP contribution in [-0.2, 0) is 13.1 Å². The number of nitrogens with one attached hydrogen (secondary N) is 1. The SMILES string of the molecule is CN(Cc1ccn[nH]1)C(=O)c1cn(CCC2CCCCC2)nn1. The molecule has 1 fully saturated rings. The summed E-state index contributed by atoms with van der Waals surface area (Å²) in [6, 6.07) is 1.85. The van der Waals surface area contributed by atoms with Crippen molar-refractivity contribution >= 4 is 5.91 Å². The lowest BCUT2D eigenvalue weighted by Gasteiger charge is -2.20. The second kappa shape index (κ2) is 7.39. The molecule has 7 heteroatoms. The quantitative estimate of drug-likeness (QED) is 0.886. The van der Waals surface area contributed by atoms with Gasteiger partial charge in [0.05, 0.1) is 18.4 Å². The van der Waals surface area contributed by atoms with Crippen molar-refractivity contribution in [2.75, 3.05) is 7.05 Å². The third-order valence-corrected chi connectivity index (χ3v) is 4.56. The molecule has 0 radical (unpaired) electrons. The molecule has 3 rings (SSSR count). The van der Waals surface area contributed by atoms with Crippen LogP contribution in [-0.4, -0.2) is 43.0 Å². The van der Waals surface area contributed by atoms with Gasteiger partial charge in [-0.3, -0.25) is 14.6 Å².